The second kappa shape index (κ2) is 4.59. The maximum Gasteiger partial charge on any atom is 0.152 e. The topological polar surface area (TPSA) is 47.3 Å². The highest BCUT2D eigenvalue weighted by Crippen LogP contribution is 2.21. The molecule has 0 aromatic rings. The van der Waals surface area contributed by atoms with Gasteiger partial charge in [0.2, 0.25) is 0 Å². The summed E-state index contributed by atoms with van der Waals surface area (Å²) in [6.45, 7) is 5.12. The van der Waals surface area contributed by atoms with Gasteiger partial charge in [-0.2, -0.15) is 5.26 Å². The maximum atomic E-state index is 9.76. The van der Waals surface area contributed by atoms with Gasteiger partial charge in [0.15, 0.2) is 5.60 Å². The normalized spacial score (nSPS) is 30.8. The van der Waals surface area contributed by atoms with Gasteiger partial charge in [0.05, 0.1) is 6.07 Å². The van der Waals surface area contributed by atoms with Gasteiger partial charge in [0.25, 0.3) is 0 Å². The van der Waals surface area contributed by atoms with Crippen LogP contribution in [0.5, 0.6) is 0 Å². The van der Waals surface area contributed by atoms with Crippen LogP contribution in [0.25, 0.3) is 0 Å². The van der Waals surface area contributed by atoms with Gasteiger partial charge in [0.1, 0.15) is 0 Å². The van der Waals surface area contributed by atoms with E-state index in [4.69, 9.17) is 5.26 Å². The molecule has 1 aliphatic heterocycles. The lowest BCUT2D eigenvalue weighted by Gasteiger charge is -2.19. The monoisotopic (exact) mass is 182 g/mol. The van der Waals surface area contributed by atoms with E-state index >= 15 is 0 Å². The van der Waals surface area contributed by atoms with Crippen LogP contribution < -0.4 is 0 Å². The van der Waals surface area contributed by atoms with Crippen LogP contribution in [-0.4, -0.2) is 35.2 Å². The molecule has 0 aromatic heterocycles. The fraction of sp³-hybridized carbons (Fsp3) is 0.900. The first-order chi connectivity index (χ1) is 6.20. The van der Waals surface area contributed by atoms with Crippen molar-refractivity contribution in [1.82, 2.24) is 4.90 Å². The second-order valence-corrected chi connectivity index (χ2v) is 3.84. The van der Waals surface area contributed by atoms with E-state index in [1.807, 2.05) is 6.07 Å². The minimum atomic E-state index is -1.05. The molecule has 0 aromatic carbocycles. The van der Waals surface area contributed by atoms with Crippen molar-refractivity contribution in [3.63, 3.8) is 0 Å². The summed E-state index contributed by atoms with van der Waals surface area (Å²) < 4.78 is 0. The van der Waals surface area contributed by atoms with Crippen LogP contribution >= 0.6 is 0 Å². The average molecular weight is 182 g/mol. The minimum absolute atomic E-state index is 0.601. The molecule has 74 valence electrons. The van der Waals surface area contributed by atoms with Gasteiger partial charge in [-0.25, -0.2) is 0 Å². The third-order valence-corrected chi connectivity index (χ3v) is 2.65. The largest absolute Gasteiger partial charge is 0.375 e. The highest BCUT2D eigenvalue weighted by molar-refractivity contribution is 5.01. The first-order valence-electron chi connectivity index (χ1n) is 5.06. The molecule has 0 amide bonds. The summed E-state index contributed by atoms with van der Waals surface area (Å²) in [6, 6.07) is 2.01. The molecule has 1 N–H and O–H groups in total. The number of aliphatic hydroxyl groups is 1. The van der Waals surface area contributed by atoms with Crippen molar-refractivity contribution in [3.05, 3.63) is 0 Å². The van der Waals surface area contributed by atoms with Gasteiger partial charge in [-0.05, 0) is 32.4 Å². The molecule has 1 saturated heterocycles. The summed E-state index contributed by atoms with van der Waals surface area (Å²) in [6.07, 6.45) is 3.31. The van der Waals surface area contributed by atoms with Gasteiger partial charge >= 0.3 is 0 Å². The predicted octanol–water partition coefficient (Wildman–Crippen LogP) is 1.14. The third-order valence-electron chi connectivity index (χ3n) is 2.65. The van der Waals surface area contributed by atoms with E-state index in [0.717, 1.165) is 32.5 Å². The van der Waals surface area contributed by atoms with Crippen LogP contribution in [0.1, 0.15) is 32.6 Å². The molecule has 3 heteroatoms. The smallest absolute Gasteiger partial charge is 0.152 e. The number of nitriles is 1. The molecular formula is C10H18N2O. The highest BCUT2D eigenvalue weighted by atomic mass is 16.3. The van der Waals surface area contributed by atoms with Crippen LogP contribution in [0.15, 0.2) is 0 Å². The molecule has 1 fully saturated rings. The number of rotatable bonds is 2. The van der Waals surface area contributed by atoms with Crippen molar-refractivity contribution < 1.29 is 5.11 Å². The predicted molar refractivity (Wildman–Crippen MR) is 51.1 cm³/mol. The van der Waals surface area contributed by atoms with Crippen molar-refractivity contribution >= 4 is 0 Å². The highest BCUT2D eigenvalue weighted by Gasteiger charge is 2.29. The van der Waals surface area contributed by atoms with Crippen LogP contribution in [0, 0.1) is 11.3 Å². The molecule has 1 rings (SSSR count). The lowest BCUT2D eigenvalue weighted by molar-refractivity contribution is 0.0824. The number of likely N-dealkylation sites (tertiary alicyclic amines) is 1. The van der Waals surface area contributed by atoms with Crippen LogP contribution in [0.4, 0.5) is 0 Å². The summed E-state index contributed by atoms with van der Waals surface area (Å²) in [4.78, 5) is 2.33. The molecular weight excluding hydrogens is 164 g/mol. The Morgan fingerprint density at radius 3 is 2.85 bits per heavy atom. The summed E-state index contributed by atoms with van der Waals surface area (Å²) in [5.74, 6) is 0. The summed E-state index contributed by atoms with van der Waals surface area (Å²) in [5.41, 5.74) is -1.05. The number of nitrogens with zero attached hydrogens (tertiary/aromatic N) is 2. The van der Waals surface area contributed by atoms with Crippen molar-refractivity contribution in [2.45, 2.75) is 38.2 Å². The van der Waals surface area contributed by atoms with Crippen LogP contribution in [-0.2, 0) is 0 Å². The minimum Gasteiger partial charge on any atom is -0.375 e. The number of hydrogen-bond donors (Lipinski definition) is 1. The molecule has 1 unspecified atom stereocenters. The lowest BCUT2D eigenvalue weighted by atomic mass is 9.97. The second-order valence-electron chi connectivity index (χ2n) is 3.84. The van der Waals surface area contributed by atoms with Gasteiger partial charge in [-0.1, -0.05) is 6.92 Å². The molecule has 0 aliphatic carbocycles. The van der Waals surface area contributed by atoms with Crippen LogP contribution in [0.3, 0.4) is 0 Å². The zero-order valence-electron chi connectivity index (χ0n) is 8.29. The van der Waals surface area contributed by atoms with Crippen molar-refractivity contribution in [2.24, 2.45) is 0 Å². The Bertz CT molecular complexity index is 200. The van der Waals surface area contributed by atoms with E-state index < -0.39 is 5.60 Å². The van der Waals surface area contributed by atoms with Crippen molar-refractivity contribution in [2.75, 3.05) is 19.6 Å². The fourth-order valence-corrected chi connectivity index (χ4v) is 1.83. The molecule has 1 aliphatic rings. The van der Waals surface area contributed by atoms with Gasteiger partial charge in [-0.3, -0.25) is 0 Å². The first kappa shape index (κ1) is 10.5. The van der Waals surface area contributed by atoms with Gasteiger partial charge in [-0.15, -0.1) is 0 Å². The Labute approximate surface area is 80.0 Å². The summed E-state index contributed by atoms with van der Waals surface area (Å²) in [5, 5.41) is 18.5. The molecule has 0 spiro atoms. The SMILES string of the molecule is CCCN1CCCC(O)(C#N)CC1. The summed E-state index contributed by atoms with van der Waals surface area (Å²) in [7, 11) is 0. The van der Waals surface area contributed by atoms with Gasteiger partial charge in [0, 0.05) is 13.0 Å². The Morgan fingerprint density at radius 2 is 2.23 bits per heavy atom. The lowest BCUT2D eigenvalue weighted by Crippen LogP contribution is -2.30. The van der Waals surface area contributed by atoms with Crippen molar-refractivity contribution in [3.8, 4) is 6.07 Å². The van der Waals surface area contributed by atoms with E-state index in [9.17, 15) is 5.11 Å². The average Bonchev–Trinajstić information content (AvgIpc) is 2.31. The zero-order valence-corrected chi connectivity index (χ0v) is 8.29. The Hall–Kier alpha value is -0.590. The van der Waals surface area contributed by atoms with E-state index in [0.29, 0.717) is 12.8 Å². The van der Waals surface area contributed by atoms with E-state index in [-0.39, 0.29) is 0 Å². The Kier molecular flexibility index (Phi) is 3.71. The van der Waals surface area contributed by atoms with Crippen LogP contribution in [0.2, 0.25) is 0 Å². The zero-order chi connectivity index (χ0) is 9.73. The van der Waals surface area contributed by atoms with Crippen molar-refractivity contribution in [1.29, 1.82) is 5.26 Å². The van der Waals surface area contributed by atoms with E-state index in [2.05, 4.69) is 11.8 Å². The quantitative estimate of drug-likeness (QED) is 0.651. The van der Waals surface area contributed by atoms with Gasteiger partial charge < -0.3 is 10.0 Å². The maximum absolute atomic E-state index is 9.76. The summed E-state index contributed by atoms with van der Waals surface area (Å²) >= 11 is 0. The standard InChI is InChI=1S/C10H18N2O/c1-2-6-12-7-3-4-10(13,9-11)5-8-12/h13H,2-8H2,1H3. The Morgan fingerprint density at radius 1 is 1.46 bits per heavy atom. The molecule has 1 atom stereocenters. The van der Waals surface area contributed by atoms with E-state index in [1.54, 1.807) is 0 Å². The molecule has 1 heterocycles. The molecule has 13 heavy (non-hydrogen) atoms. The molecule has 0 saturated carbocycles. The first-order valence-corrected chi connectivity index (χ1v) is 5.06. The number of hydrogen-bond acceptors (Lipinski definition) is 3. The fourth-order valence-electron chi connectivity index (χ4n) is 1.83. The molecule has 0 radical (unpaired) electrons. The molecule has 3 nitrogen and oxygen atoms in total. The Balaban J connectivity index is 2.45. The third kappa shape index (κ3) is 2.98. The molecule has 0 bridgehead atoms. The van der Waals surface area contributed by atoms with E-state index in [1.165, 1.54) is 0 Å².